The maximum absolute atomic E-state index is 13.6. The van der Waals surface area contributed by atoms with E-state index in [2.05, 4.69) is 20.0 Å². The van der Waals surface area contributed by atoms with Crippen LogP contribution < -0.4 is 9.99 Å². The van der Waals surface area contributed by atoms with Gasteiger partial charge in [0.1, 0.15) is 18.5 Å². The van der Waals surface area contributed by atoms with Crippen molar-refractivity contribution in [3.63, 3.8) is 0 Å². The Morgan fingerprint density at radius 2 is 2.00 bits per heavy atom. The molecule has 0 radical (unpaired) electrons. The number of aliphatic hydroxyl groups excluding tert-OH is 1. The maximum Gasteiger partial charge on any atom is 0.344 e. The molecule has 2 N–H and O–H groups in total. The lowest BCUT2D eigenvalue weighted by atomic mass is 10.1. The molecule has 30 heavy (non-hydrogen) atoms. The van der Waals surface area contributed by atoms with Crippen molar-refractivity contribution in [2.75, 3.05) is 50.5 Å². The molecule has 2 aromatic heterocycles. The molecule has 5 atom stereocenters. The first-order valence-corrected chi connectivity index (χ1v) is 12.1. The van der Waals surface area contributed by atoms with Crippen LogP contribution in [0.1, 0.15) is 6.23 Å². The average Bonchev–Trinajstić information content (AvgIpc) is 3.39. The number of hydrogen-bond acceptors (Lipinski definition) is 8. The van der Waals surface area contributed by atoms with Crippen LogP contribution in [0.25, 0.3) is 11.2 Å². The minimum Gasteiger partial charge on any atom is -0.394 e. The highest BCUT2D eigenvalue weighted by Crippen LogP contribution is 2.58. The van der Waals surface area contributed by atoms with Crippen LogP contribution in [0.5, 0.6) is 0 Å². The van der Waals surface area contributed by atoms with E-state index >= 15 is 0 Å². The lowest BCUT2D eigenvalue weighted by Crippen LogP contribution is -2.39. The Labute approximate surface area is 183 Å². The zero-order valence-electron chi connectivity index (χ0n) is 16.6. The molecule has 0 bridgehead atoms. The second-order valence-electron chi connectivity index (χ2n) is 7.24. The van der Waals surface area contributed by atoms with Crippen LogP contribution in [-0.4, -0.2) is 93.1 Å². The molecular weight excluding hydrogens is 456 g/mol. The Morgan fingerprint density at radius 3 is 2.63 bits per heavy atom. The van der Waals surface area contributed by atoms with Crippen molar-refractivity contribution in [3.8, 4) is 0 Å². The van der Waals surface area contributed by atoms with Crippen molar-refractivity contribution in [1.82, 2.24) is 29.3 Å². The second-order valence-corrected chi connectivity index (χ2v) is 10.1. The van der Waals surface area contributed by atoms with E-state index < -0.39 is 32.1 Å². The molecule has 0 aromatic carbocycles. The Bertz CT molecular complexity index is 941. The maximum atomic E-state index is 13.6. The average molecular weight is 480 g/mol. The smallest absolute Gasteiger partial charge is 0.344 e. The van der Waals surface area contributed by atoms with E-state index in [1.54, 1.807) is 15.6 Å². The first-order chi connectivity index (χ1) is 14.4. The van der Waals surface area contributed by atoms with Crippen LogP contribution in [-0.2, 0) is 13.8 Å². The topological polar surface area (TPSA) is 118 Å². The molecular formula is C16H24Cl2N7O4P. The number of ether oxygens (including phenoxy) is 1. The summed E-state index contributed by atoms with van der Waals surface area (Å²) in [5.41, 5.74) is 1.16. The largest absolute Gasteiger partial charge is 0.394 e. The van der Waals surface area contributed by atoms with Gasteiger partial charge in [0.2, 0.25) is 0 Å². The summed E-state index contributed by atoms with van der Waals surface area (Å²) in [6, 6.07) is -0.480. The lowest BCUT2D eigenvalue weighted by Gasteiger charge is -2.28. The highest BCUT2D eigenvalue weighted by atomic mass is 35.5. The van der Waals surface area contributed by atoms with Crippen molar-refractivity contribution in [2.24, 2.45) is 0 Å². The zero-order chi connectivity index (χ0) is 21.5. The predicted octanol–water partition coefficient (Wildman–Crippen LogP) is 1.03. The fourth-order valence-electron chi connectivity index (χ4n) is 3.84. The van der Waals surface area contributed by atoms with E-state index in [0.29, 0.717) is 30.1 Å². The molecule has 2 aliphatic heterocycles. The summed E-state index contributed by atoms with van der Waals surface area (Å²) in [5.74, 6) is 1.22. The molecule has 2 aromatic rings. The number of anilines is 1. The molecule has 14 heteroatoms. The highest BCUT2D eigenvalue weighted by molar-refractivity contribution is 7.54. The number of rotatable bonds is 8. The van der Waals surface area contributed by atoms with Crippen LogP contribution in [0.2, 0.25) is 0 Å². The van der Waals surface area contributed by atoms with Crippen LogP contribution >= 0.6 is 30.9 Å². The molecule has 0 unspecified atom stereocenters. The molecule has 2 saturated heterocycles. The fourth-order valence-corrected chi connectivity index (χ4v) is 6.82. The molecule has 0 spiro atoms. The minimum absolute atomic E-state index is 0.260. The third-order valence-corrected chi connectivity index (χ3v) is 7.84. The first kappa shape index (κ1) is 22.2. The van der Waals surface area contributed by atoms with Crippen LogP contribution in [0.15, 0.2) is 12.7 Å². The Balaban J connectivity index is 1.69. The minimum atomic E-state index is -3.42. The highest BCUT2D eigenvalue weighted by Gasteiger charge is 2.57. The summed E-state index contributed by atoms with van der Waals surface area (Å²) in [6.45, 7) is 0.436. The number of hydrogen-bond donors (Lipinski definition) is 2. The number of aromatic nitrogens is 4. The van der Waals surface area contributed by atoms with Gasteiger partial charge >= 0.3 is 7.67 Å². The Morgan fingerprint density at radius 1 is 1.27 bits per heavy atom. The van der Waals surface area contributed by atoms with Gasteiger partial charge in [-0.1, -0.05) is 0 Å². The van der Waals surface area contributed by atoms with Crippen molar-refractivity contribution < 1.29 is 18.9 Å². The predicted molar refractivity (Wildman–Crippen MR) is 113 cm³/mol. The standard InChI is InChI=1S/C16H24Cl2N7O4P/c1-23(2)14-12-15(20-8-19-14)25(9-21-12)16-13-11(10(7-26)28-16)22-30(27,29-13)24(5-3-17)6-4-18/h8-11,13,16,26H,3-7H2,1-2H3,(H,22,27)/t10-,11+,13+,16-,30+/m1/s1. The van der Waals surface area contributed by atoms with Crippen molar-refractivity contribution in [3.05, 3.63) is 12.7 Å². The van der Waals surface area contributed by atoms with Gasteiger partial charge in [-0.05, 0) is 0 Å². The van der Waals surface area contributed by atoms with E-state index in [-0.39, 0.29) is 18.4 Å². The first-order valence-electron chi connectivity index (χ1n) is 9.48. The number of nitrogens with one attached hydrogen (secondary N) is 1. The molecule has 2 fully saturated rings. The number of aliphatic hydroxyl groups is 1. The van der Waals surface area contributed by atoms with Gasteiger partial charge in [-0.2, -0.15) is 0 Å². The summed E-state index contributed by atoms with van der Waals surface area (Å²) in [6.07, 6.45) is 1.12. The normalized spacial score (nSPS) is 31.0. The Hall–Kier alpha value is -1.04. The second kappa shape index (κ2) is 8.84. The Kier molecular flexibility index (Phi) is 6.53. The van der Waals surface area contributed by atoms with Crippen molar-refractivity contribution in [2.45, 2.75) is 24.5 Å². The quantitative estimate of drug-likeness (QED) is 0.419. The number of fused-ring (bicyclic) bond motifs is 2. The molecule has 0 amide bonds. The summed E-state index contributed by atoms with van der Waals surface area (Å²) in [5, 5.41) is 12.9. The van der Waals surface area contributed by atoms with Gasteiger partial charge < -0.3 is 14.7 Å². The summed E-state index contributed by atoms with van der Waals surface area (Å²) < 4.78 is 29.0. The number of alkyl halides is 2. The fraction of sp³-hybridized carbons (Fsp3) is 0.688. The zero-order valence-corrected chi connectivity index (χ0v) is 19.0. The van der Waals surface area contributed by atoms with Crippen molar-refractivity contribution in [1.29, 1.82) is 0 Å². The number of imidazole rings is 1. The van der Waals surface area contributed by atoms with Gasteiger partial charge in [-0.25, -0.2) is 24.7 Å². The molecule has 166 valence electrons. The molecule has 0 aliphatic carbocycles. The van der Waals surface area contributed by atoms with E-state index in [1.807, 2.05) is 19.0 Å². The molecule has 4 heterocycles. The molecule has 11 nitrogen and oxygen atoms in total. The number of nitrogens with zero attached hydrogens (tertiary/aromatic N) is 6. The van der Waals surface area contributed by atoms with Gasteiger partial charge in [0, 0.05) is 38.9 Å². The number of halogens is 2. The van der Waals surface area contributed by atoms with Gasteiger partial charge in [0.15, 0.2) is 23.2 Å². The summed E-state index contributed by atoms with van der Waals surface area (Å²) in [7, 11) is 0.319. The molecule has 2 aliphatic rings. The van der Waals surface area contributed by atoms with E-state index in [9.17, 15) is 9.67 Å². The van der Waals surface area contributed by atoms with Crippen LogP contribution in [0, 0.1) is 0 Å². The monoisotopic (exact) mass is 479 g/mol. The molecule has 4 rings (SSSR count). The SMILES string of the molecule is CN(C)c1ncnc2c1ncn2[C@@H]1O[C@H](CO)[C@@H]2N[P@@](=O)(N(CCCl)CCCl)O[C@@H]21. The van der Waals surface area contributed by atoms with Gasteiger partial charge in [-0.3, -0.25) is 13.7 Å². The van der Waals surface area contributed by atoms with E-state index in [1.165, 1.54) is 6.33 Å². The van der Waals surface area contributed by atoms with Gasteiger partial charge in [-0.15, -0.1) is 23.2 Å². The van der Waals surface area contributed by atoms with Gasteiger partial charge in [0.05, 0.1) is 19.0 Å². The van der Waals surface area contributed by atoms with E-state index in [4.69, 9.17) is 32.5 Å². The third-order valence-electron chi connectivity index (χ3n) is 5.20. The van der Waals surface area contributed by atoms with Crippen molar-refractivity contribution >= 4 is 47.9 Å². The van der Waals surface area contributed by atoms with Crippen LogP contribution in [0.3, 0.4) is 0 Å². The molecule has 0 saturated carbocycles. The van der Waals surface area contributed by atoms with Crippen LogP contribution in [0.4, 0.5) is 5.82 Å². The summed E-state index contributed by atoms with van der Waals surface area (Å²) in [4.78, 5) is 14.9. The third kappa shape index (κ3) is 3.71. The van der Waals surface area contributed by atoms with Gasteiger partial charge in [0.25, 0.3) is 0 Å². The summed E-state index contributed by atoms with van der Waals surface area (Å²) >= 11 is 11.8. The lowest BCUT2D eigenvalue weighted by molar-refractivity contribution is -0.0474. The van der Waals surface area contributed by atoms with E-state index in [0.717, 1.165) is 0 Å².